The Morgan fingerprint density at radius 2 is 2.25 bits per heavy atom. The van der Waals surface area contributed by atoms with E-state index in [1.807, 2.05) is 6.92 Å². The molecule has 0 N–H and O–H groups in total. The smallest absolute Gasteiger partial charge is 0.315 e. The number of likely N-dealkylation sites (tertiary alicyclic amines) is 1. The topological polar surface area (TPSA) is 46.6 Å². The molecule has 2 atom stereocenters. The number of unbranched alkanes of at least 4 members (excludes halogenated alkanes) is 1. The first-order valence-electron chi connectivity index (χ1n) is 7.39. The van der Waals surface area contributed by atoms with Gasteiger partial charge < -0.3 is 4.74 Å². The van der Waals surface area contributed by atoms with E-state index in [1.54, 1.807) is 6.08 Å². The molecule has 4 nitrogen and oxygen atoms in total. The van der Waals surface area contributed by atoms with E-state index in [9.17, 15) is 9.59 Å². The summed E-state index contributed by atoms with van der Waals surface area (Å²) < 4.78 is 5.29. The van der Waals surface area contributed by atoms with E-state index in [0.29, 0.717) is 13.0 Å². The first-order valence-corrected chi connectivity index (χ1v) is 7.39. The first-order chi connectivity index (χ1) is 9.54. The Hall–Kier alpha value is -1.58. The summed E-state index contributed by atoms with van der Waals surface area (Å²) in [7, 11) is 0. The molecule has 1 heterocycles. The zero-order valence-electron chi connectivity index (χ0n) is 12.6. The Labute approximate surface area is 121 Å². The lowest BCUT2D eigenvalue weighted by Gasteiger charge is -2.20. The Morgan fingerprint density at radius 1 is 1.55 bits per heavy atom. The second-order valence-electron chi connectivity index (χ2n) is 5.18. The third-order valence-corrected chi connectivity index (χ3v) is 3.78. The van der Waals surface area contributed by atoms with E-state index in [-0.39, 0.29) is 29.6 Å². The van der Waals surface area contributed by atoms with Crippen molar-refractivity contribution in [2.45, 2.75) is 46.0 Å². The predicted octanol–water partition coefficient (Wildman–Crippen LogP) is 3.25. The van der Waals surface area contributed by atoms with Gasteiger partial charge in [0.15, 0.2) is 5.88 Å². The van der Waals surface area contributed by atoms with Crippen molar-refractivity contribution in [1.82, 2.24) is 4.90 Å². The van der Waals surface area contributed by atoms with Crippen LogP contribution < -0.4 is 0 Å². The highest BCUT2D eigenvalue weighted by Gasteiger charge is 2.33. The van der Waals surface area contributed by atoms with Crippen molar-refractivity contribution < 1.29 is 14.3 Å². The highest BCUT2D eigenvalue weighted by atomic mass is 16.6. The van der Waals surface area contributed by atoms with Crippen LogP contribution in [0.4, 0.5) is 0 Å². The Morgan fingerprint density at radius 3 is 2.75 bits per heavy atom. The van der Waals surface area contributed by atoms with Crippen LogP contribution in [0.3, 0.4) is 0 Å². The number of hydrogen-bond donors (Lipinski definition) is 0. The van der Waals surface area contributed by atoms with Gasteiger partial charge in [0.1, 0.15) is 0 Å². The second kappa shape index (κ2) is 7.88. The molecule has 0 aromatic heterocycles. The number of rotatable bonds is 8. The van der Waals surface area contributed by atoms with Crippen molar-refractivity contribution in [1.29, 1.82) is 0 Å². The molecule has 4 heteroatoms. The number of hydrogen-bond acceptors (Lipinski definition) is 3. The van der Waals surface area contributed by atoms with Gasteiger partial charge in [0.05, 0.1) is 11.8 Å². The van der Waals surface area contributed by atoms with Crippen molar-refractivity contribution in [3.63, 3.8) is 0 Å². The quantitative estimate of drug-likeness (QED) is 0.389. The Bertz CT molecular complexity index is 389. The SMILES string of the molecule is C=CC1CCN(C(=C)OC(=O)C(CC)CCCC)C1=O. The van der Waals surface area contributed by atoms with E-state index in [1.165, 1.54) is 4.90 Å². The maximum atomic E-state index is 12.1. The van der Waals surface area contributed by atoms with Crippen LogP contribution in [0.2, 0.25) is 0 Å². The summed E-state index contributed by atoms with van der Waals surface area (Å²) in [6.07, 6.45) is 5.95. The first kappa shape index (κ1) is 16.5. The van der Waals surface area contributed by atoms with E-state index in [2.05, 4.69) is 20.1 Å². The van der Waals surface area contributed by atoms with Crippen molar-refractivity contribution in [2.75, 3.05) is 6.54 Å². The lowest BCUT2D eigenvalue weighted by atomic mass is 10.00. The summed E-state index contributed by atoms with van der Waals surface area (Å²) in [5.74, 6) is -0.508. The zero-order chi connectivity index (χ0) is 15.1. The fraction of sp³-hybridized carbons (Fsp3) is 0.625. The van der Waals surface area contributed by atoms with Crippen molar-refractivity contribution in [3.05, 3.63) is 25.1 Å². The van der Waals surface area contributed by atoms with Gasteiger partial charge in [-0.2, -0.15) is 0 Å². The molecule has 0 radical (unpaired) electrons. The van der Waals surface area contributed by atoms with Gasteiger partial charge >= 0.3 is 5.97 Å². The molecule has 20 heavy (non-hydrogen) atoms. The van der Waals surface area contributed by atoms with Gasteiger partial charge in [0.25, 0.3) is 0 Å². The molecule has 1 fully saturated rings. The number of nitrogens with zero attached hydrogens (tertiary/aromatic N) is 1. The minimum Gasteiger partial charge on any atom is -0.410 e. The van der Waals surface area contributed by atoms with Gasteiger partial charge in [-0.3, -0.25) is 14.5 Å². The molecule has 0 bridgehead atoms. The van der Waals surface area contributed by atoms with Gasteiger partial charge in [0, 0.05) is 6.54 Å². The van der Waals surface area contributed by atoms with Crippen LogP contribution >= 0.6 is 0 Å². The fourth-order valence-corrected chi connectivity index (χ4v) is 2.36. The largest absolute Gasteiger partial charge is 0.410 e. The van der Waals surface area contributed by atoms with E-state index < -0.39 is 0 Å². The molecule has 2 unspecified atom stereocenters. The number of carbonyl (C=O) groups is 2. The van der Waals surface area contributed by atoms with Gasteiger partial charge in [-0.25, -0.2) is 0 Å². The molecule has 1 rings (SSSR count). The second-order valence-corrected chi connectivity index (χ2v) is 5.18. The monoisotopic (exact) mass is 279 g/mol. The molecule has 0 aromatic carbocycles. The molecule has 0 aliphatic carbocycles. The number of carbonyl (C=O) groups excluding carboxylic acids is 2. The summed E-state index contributed by atoms with van der Waals surface area (Å²) in [4.78, 5) is 25.5. The normalized spacial score (nSPS) is 19.8. The van der Waals surface area contributed by atoms with Crippen LogP contribution in [0.15, 0.2) is 25.1 Å². The zero-order valence-corrected chi connectivity index (χ0v) is 12.6. The summed E-state index contributed by atoms with van der Waals surface area (Å²) in [5, 5.41) is 0. The molecule has 0 saturated carbocycles. The summed E-state index contributed by atoms with van der Waals surface area (Å²) >= 11 is 0. The van der Waals surface area contributed by atoms with Gasteiger partial charge in [-0.15, -0.1) is 6.58 Å². The van der Waals surface area contributed by atoms with Gasteiger partial charge in [0.2, 0.25) is 5.91 Å². The van der Waals surface area contributed by atoms with Crippen molar-refractivity contribution in [3.8, 4) is 0 Å². The van der Waals surface area contributed by atoms with Crippen LogP contribution in [-0.2, 0) is 14.3 Å². The lowest BCUT2D eigenvalue weighted by molar-refractivity contribution is -0.148. The fourth-order valence-electron chi connectivity index (χ4n) is 2.36. The molecule has 1 amide bonds. The van der Waals surface area contributed by atoms with Crippen molar-refractivity contribution >= 4 is 11.9 Å². The Balaban J connectivity index is 2.55. The lowest BCUT2D eigenvalue weighted by Crippen LogP contribution is -2.30. The maximum Gasteiger partial charge on any atom is 0.315 e. The number of amides is 1. The Kier molecular flexibility index (Phi) is 6.49. The number of esters is 1. The number of ether oxygens (including phenoxy) is 1. The summed E-state index contributed by atoms with van der Waals surface area (Å²) in [6.45, 7) is 12.0. The van der Waals surface area contributed by atoms with Gasteiger partial charge in [-0.1, -0.05) is 32.8 Å². The molecule has 112 valence electrons. The van der Waals surface area contributed by atoms with Crippen LogP contribution in [0, 0.1) is 11.8 Å². The summed E-state index contributed by atoms with van der Waals surface area (Å²) in [5.41, 5.74) is 0. The van der Waals surface area contributed by atoms with Crippen LogP contribution in [0.5, 0.6) is 0 Å². The molecular formula is C16H25NO3. The summed E-state index contributed by atoms with van der Waals surface area (Å²) in [6, 6.07) is 0. The van der Waals surface area contributed by atoms with Gasteiger partial charge in [-0.05, 0) is 25.8 Å². The van der Waals surface area contributed by atoms with Crippen LogP contribution in [0.25, 0.3) is 0 Å². The maximum absolute atomic E-state index is 12.1. The van der Waals surface area contributed by atoms with Crippen LogP contribution in [-0.4, -0.2) is 23.3 Å². The molecule has 0 aromatic rings. The highest BCUT2D eigenvalue weighted by Crippen LogP contribution is 2.24. The van der Waals surface area contributed by atoms with E-state index in [4.69, 9.17) is 4.74 Å². The average molecular weight is 279 g/mol. The molecular weight excluding hydrogens is 254 g/mol. The molecule has 1 aliphatic rings. The molecule has 1 saturated heterocycles. The minimum atomic E-state index is -0.277. The minimum absolute atomic E-state index is 0.0839. The molecule has 0 spiro atoms. The average Bonchev–Trinajstić information content (AvgIpc) is 2.80. The van der Waals surface area contributed by atoms with Crippen molar-refractivity contribution in [2.24, 2.45) is 11.8 Å². The highest BCUT2D eigenvalue weighted by molar-refractivity contribution is 5.84. The predicted molar refractivity (Wildman–Crippen MR) is 78.6 cm³/mol. The molecule has 1 aliphatic heterocycles. The van der Waals surface area contributed by atoms with Crippen LogP contribution in [0.1, 0.15) is 46.0 Å². The van der Waals surface area contributed by atoms with E-state index in [0.717, 1.165) is 25.7 Å². The third-order valence-electron chi connectivity index (χ3n) is 3.78. The third kappa shape index (κ3) is 3.95. The van der Waals surface area contributed by atoms with E-state index >= 15 is 0 Å². The standard InChI is InChI=1S/C16H25NO3/c1-5-8-9-14(7-3)16(19)20-12(4)17-11-10-13(6-2)15(17)18/h6,13-14H,2,4-5,7-11H2,1,3H3.